The smallest absolute Gasteiger partial charge is 0.407 e. The lowest BCUT2D eigenvalue weighted by molar-refractivity contribution is -0.0755. The number of benzene rings is 3. The van der Waals surface area contributed by atoms with Gasteiger partial charge in [-0.2, -0.15) is 0 Å². The van der Waals surface area contributed by atoms with Gasteiger partial charge in [-0.1, -0.05) is 26.8 Å². The van der Waals surface area contributed by atoms with Crippen LogP contribution in [-0.2, 0) is 5.54 Å². The van der Waals surface area contributed by atoms with Gasteiger partial charge in [0.2, 0.25) is 0 Å². The van der Waals surface area contributed by atoms with Crippen molar-refractivity contribution in [3.05, 3.63) is 107 Å². The van der Waals surface area contributed by atoms with Crippen molar-refractivity contribution in [2.24, 2.45) is 5.41 Å². The third kappa shape index (κ3) is 5.32. The van der Waals surface area contributed by atoms with E-state index >= 15 is 4.39 Å². The summed E-state index contributed by atoms with van der Waals surface area (Å²) in [5, 5.41) is 15.4. The second kappa shape index (κ2) is 11.9. The number of hydrogen-bond acceptors (Lipinski definition) is 6. The molecule has 0 bridgehead atoms. The van der Waals surface area contributed by atoms with Crippen molar-refractivity contribution in [1.29, 1.82) is 0 Å². The third-order valence-corrected chi connectivity index (χ3v) is 8.71. The van der Waals surface area contributed by atoms with E-state index < -0.39 is 46.5 Å². The minimum Gasteiger partial charge on any atom is -0.465 e. The molecule has 0 radical (unpaired) electrons. The Bertz CT molecular complexity index is 2080. The fraction of sp³-hybridized carbons (Fsp3) is 0.250. The lowest BCUT2D eigenvalue weighted by atomic mass is 9.66. The summed E-state index contributed by atoms with van der Waals surface area (Å²) in [5.74, 6) is -1.97. The number of carbonyl (C=O) groups excluding carboxylic acids is 2. The molecule has 1 fully saturated rings. The van der Waals surface area contributed by atoms with E-state index in [9.17, 15) is 23.9 Å². The van der Waals surface area contributed by atoms with Crippen LogP contribution in [0.4, 0.5) is 13.6 Å². The lowest BCUT2D eigenvalue weighted by Crippen LogP contribution is -2.78. The molecule has 3 amide bonds. The summed E-state index contributed by atoms with van der Waals surface area (Å²) in [6.07, 6.45) is 1.94. The number of hydrogen-bond donors (Lipinski definition) is 3. The molecule has 10 nitrogen and oxygen atoms in total. The average Bonchev–Trinajstić information content (AvgIpc) is 3.43. The number of rotatable bonds is 6. The van der Waals surface area contributed by atoms with Crippen molar-refractivity contribution in [2.75, 3.05) is 13.6 Å². The van der Waals surface area contributed by atoms with E-state index in [-0.39, 0.29) is 45.8 Å². The second-order valence-corrected chi connectivity index (χ2v) is 12.9. The molecule has 1 saturated heterocycles. The minimum atomic E-state index is -1.24. The first-order chi connectivity index (χ1) is 22.8. The van der Waals surface area contributed by atoms with Gasteiger partial charge in [-0.15, -0.1) is 0 Å². The maximum Gasteiger partial charge on any atom is 0.407 e. The van der Waals surface area contributed by atoms with Crippen LogP contribution in [-0.4, -0.2) is 57.5 Å². The van der Waals surface area contributed by atoms with E-state index in [1.807, 2.05) is 20.8 Å². The number of nitrogens with one attached hydrogen (secondary N) is 2. The zero-order chi connectivity index (χ0) is 34.5. The lowest BCUT2D eigenvalue weighted by Gasteiger charge is -2.59. The predicted molar refractivity (Wildman–Crippen MR) is 174 cm³/mol. The van der Waals surface area contributed by atoms with Gasteiger partial charge in [0, 0.05) is 36.1 Å². The molecule has 0 aliphatic carbocycles. The number of amides is 3. The summed E-state index contributed by atoms with van der Waals surface area (Å²) in [6.45, 7) is 7.34. The summed E-state index contributed by atoms with van der Waals surface area (Å²) >= 11 is 0. The van der Waals surface area contributed by atoms with Gasteiger partial charge in [0.25, 0.3) is 11.8 Å². The molecule has 246 valence electrons. The van der Waals surface area contributed by atoms with Gasteiger partial charge in [-0.3, -0.25) is 14.5 Å². The molecule has 0 saturated carbocycles. The number of aromatic nitrogens is 2. The Hall–Kier alpha value is -5.65. The minimum absolute atomic E-state index is 0.0454. The Kier molecular flexibility index (Phi) is 7.98. The fourth-order valence-electron chi connectivity index (χ4n) is 6.70. The highest BCUT2D eigenvalue weighted by Crippen LogP contribution is 2.46. The van der Waals surface area contributed by atoms with Crippen LogP contribution in [0.1, 0.15) is 52.9 Å². The monoisotopic (exact) mass is 653 g/mol. The van der Waals surface area contributed by atoms with Gasteiger partial charge < -0.3 is 20.2 Å². The number of halogens is 2. The molecule has 48 heavy (non-hydrogen) atoms. The molecule has 3 N–H and O–H groups in total. The number of likely N-dealkylation sites (tertiary alicyclic amines) is 1. The van der Waals surface area contributed by atoms with E-state index in [1.165, 1.54) is 54.7 Å². The van der Waals surface area contributed by atoms with Gasteiger partial charge in [0.1, 0.15) is 28.5 Å². The highest BCUT2D eigenvalue weighted by molar-refractivity contribution is 6.12. The summed E-state index contributed by atoms with van der Waals surface area (Å²) < 4.78 is 36.2. The Morgan fingerprint density at radius 2 is 1.67 bits per heavy atom. The van der Waals surface area contributed by atoms with Crippen LogP contribution in [0.3, 0.4) is 0 Å². The molecule has 2 aromatic heterocycles. The molecule has 2 atom stereocenters. The highest BCUT2D eigenvalue weighted by atomic mass is 19.1. The quantitative estimate of drug-likeness (QED) is 0.189. The van der Waals surface area contributed by atoms with E-state index in [0.717, 1.165) is 0 Å². The van der Waals surface area contributed by atoms with Crippen LogP contribution >= 0.6 is 0 Å². The third-order valence-electron chi connectivity index (χ3n) is 8.71. The second-order valence-electron chi connectivity index (χ2n) is 12.9. The van der Waals surface area contributed by atoms with Crippen LogP contribution < -0.4 is 10.6 Å². The van der Waals surface area contributed by atoms with Gasteiger partial charge in [0.05, 0.1) is 23.5 Å². The first-order valence-electron chi connectivity index (χ1n) is 15.2. The standard InChI is InChI=1S/C36H33F2N5O5/c1-19-7-8-21(30(44)42-36(33-40-15-6-16-41-33)18-43(34(46)47)32(36)35(2,3)4)17-24(19)23-13-14-25-26(28(23)38)27(31(45)39-5)29(48-25)20-9-11-22(37)12-10-20/h6-17,32H,18H2,1-5H3,(H,39,45)(H,42,44)(H,46,47). The van der Waals surface area contributed by atoms with E-state index in [1.54, 1.807) is 37.3 Å². The molecule has 12 heteroatoms. The van der Waals surface area contributed by atoms with Gasteiger partial charge in [-0.05, 0) is 78.1 Å². The molecule has 6 rings (SSSR count). The summed E-state index contributed by atoms with van der Waals surface area (Å²) in [4.78, 5) is 49.3. The topological polar surface area (TPSA) is 138 Å². The molecule has 1 aliphatic rings. The normalized spacial score (nSPS) is 17.6. The van der Waals surface area contributed by atoms with Crippen molar-refractivity contribution < 1.29 is 32.7 Å². The highest BCUT2D eigenvalue weighted by Gasteiger charge is 2.62. The van der Waals surface area contributed by atoms with Crippen LogP contribution in [0.5, 0.6) is 0 Å². The average molecular weight is 654 g/mol. The predicted octanol–water partition coefficient (Wildman–Crippen LogP) is 6.54. The molecule has 1 aliphatic heterocycles. The molecular formula is C36H33F2N5O5. The SMILES string of the molecule is CNC(=O)c1c(-c2ccc(F)cc2)oc2ccc(-c3cc(C(=O)NC4(c5ncccn5)CN(C(=O)O)C4C(C)(C)C)ccc3C)c(F)c12. The Labute approximate surface area is 274 Å². The van der Waals surface area contributed by atoms with Gasteiger partial charge >= 0.3 is 6.09 Å². The zero-order valence-electron chi connectivity index (χ0n) is 26.9. The molecule has 5 aromatic rings. The Balaban J connectivity index is 1.44. The van der Waals surface area contributed by atoms with E-state index in [4.69, 9.17) is 4.42 Å². The maximum atomic E-state index is 16.6. The van der Waals surface area contributed by atoms with Gasteiger partial charge in [0.15, 0.2) is 5.82 Å². The molecular weight excluding hydrogens is 620 g/mol. The number of carbonyl (C=O) groups is 3. The number of nitrogens with zero attached hydrogens (tertiary/aromatic N) is 3. The van der Waals surface area contributed by atoms with Gasteiger partial charge in [-0.25, -0.2) is 23.5 Å². The molecule has 2 unspecified atom stereocenters. The fourth-order valence-corrected chi connectivity index (χ4v) is 6.70. The molecule has 3 heterocycles. The summed E-state index contributed by atoms with van der Waals surface area (Å²) in [6, 6.07) is 14.2. The van der Waals surface area contributed by atoms with Crippen molar-refractivity contribution in [2.45, 2.75) is 39.3 Å². The van der Waals surface area contributed by atoms with E-state index in [0.29, 0.717) is 16.7 Å². The molecule has 3 aromatic carbocycles. The van der Waals surface area contributed by atoms with Crippen LogP contribution in [0.15, 0.2) is 77.5 Å². The first-order valence-corrected chi connectivity index (χ1v) is 15.2. The van der Waals surface area contributed by atoms with E-state index in [2.05, 4.69) is 20.6 Å². The van der Waals surface area contributed by atoms with Crippen LogP contribution in [0.25, 0.3) is 33.4 Å². The number of carboxylic acid groups (broad SMARTS) is 1. The van der Waals surface area contributed by atoms with Crippen LogP contribution in [0, 0.1) is 24.0 Å². The first kappa shape index (κ1) is 32.3. The Morgan fingerprint density at radius 1 is 0.979 bits per heavy atom. The van der Waals surface area contributed by atoms with Crippen LogP contribution in [0.2, 0.25) is 0 Å². The van der Waals surface area contributed by atoms with Crippen molar-refractivity contribution in [3.63, 3.8) is 0 Å². The number of fused-ring (bicyclic) bond motifs is 1. The van der Waals surface area contributed by atoms with Crippen molar-refractivity contribution in [1.82, 2.24) is 25.5 Å². The summed E-state index contributed by atoms with van der Waals surface area (Å²) in [7, 11) is 1.42. The van der Waals surface area contributed by atoms with Crippen molar-refractivity contribution >= 4 is 28.9 Å². The Morgan fingerprint density at radius 3 is 2.29 bits per heavy atom. The largest absolute Gasteiger partial charge is 0.465 e. The van der Waals surface area contributed by atoms with Crippen molar-refractivity contribution in [3.8, 4) is 22.5 Å². The maximum absolute atomic E-state index is 16.6. The number of furan rings is 1. The summed E-state index contributed by atoms with van der Waals surface area (Å²) in [5.41, 5.74) is -0.0131. The zero-order valence-corrected chi connectivity index (χ0v) is 26.9. The molecule has 0 spiro atoms. The number of aryl methyl sites for hydroxylation is 1.